The number of nitrogens with zero attached hydrogens (tertiary/aromatic N) is 3. The Morgan fingerprint density at radius 1 is 1.09 bits per heavy atom. The van der Waals surface area contributed by atoms with E-state index in [4.69, 9.17) is 10.5 Å². The fraction of sp³-hybridized carbons (Fsp3) is 0.261. The minimum atomic E-state index is -4.54. The summed E-state index contributed by atoms with van der Waals surface area (Å²) in [5, 5.41) is 0. The fourth-order valence-corrected chi connectivity index (χ4v) is 3.40. The summed E-state index contributed by atoms with van der Waals surface area (Å²) in [6.45, 7) is 4.19. The lowest BCUT2D eigenvalue weighted by Gasteiger charge is -2.12. The van der Waals surface area contributed by atoms with Gasteiger partial charge in [0.15, 0.2) is 5.65 Å². The van der Waals surface area contributed by atoms with Gasteiger partial charge in [-0.15, -0.1) is 0 Å². The smallest absolute Gasteiger partial charge is 0.416 e. The lowest BCUT2D eigenvalue weighted by molar-refractivity contribution is -0.137. The average molecular weight is 442 g/mol. The summed E-state index contributed by atoms with van der Waals surface area (Å²) >= 11 is 0. The van der Waals surface area contributed by atoms with Crippen molar-refractivity contribution in [3.8, 4) is 5.69 Å². The van der Waals surface area contributed by atoms with Crippen molar-refractivity contribution in [2.45, 2.75) is 26.4 Å². The van der Waals surface area contributed by atoms with Crippen molar-refractivity contribution >= 4 is 34.0 Å². The molecule has 9 heteroatoms. The van der Waals surface area contributed by atoms with E-state index in [0.717, 1.165) is 12.1 Å². The van der Waals surface area contributed by atoms with Crippen molar-refractivity contribution < 1.29 is 22.7 Å². The molecule has 2 aromatic heterocycles. The highest BCUT2D eigenvalue weighted by molar-refractivity contribution is 6.09. The molecule has 166 valence electrons. The molecule has 2 N–H and O–H groups in total. The summed E-state index contributed by atoms with van der Waals surface area (Å²) in [6, 6.07) is 11.7. The second-order valence-electron chi connectivity index (χ2n) is 7.85. The predicted octanol–water partition coefficient (Wildman–Crippen LogP) is 5.38. The highest BCUT2D eigenvalue weighted by Crippen LogP contribution is 2.34. The van der Waals surface area contributed by atoms with Gasteiger partial charge in [-0.1, -0.05) is 32.0 Å². The topological polar surface area (TPSA) is 83.0 Å². The van der Waals surface area contributed by atoms with E-state index in [2.05, 4.69) is 9.97 Å². The molecule has 0 aliphatic heterocycles. The largest absolute Gasteiger partial charge is 0.462 e. The van der Waals surface area contributed by atoms with Crippen LogP contribution in [0.4, 0.5) is 19.0 Å². The molecule has 4 aromatic rings. The van der Waals surface area contributed by atoms with E-state index < -0.39 is 17.7 Å². The summed E-state index contributed by atoms with van der Waals surface area (Å²) in [6.07, 6.45) is -3.88. The van der Waals surface area contributed by atoms with E-state index in [0.29, 0.717) is 23.4 Å². The quantitative estimate of drug-likeness (QED) is 0.420. The summed E-state index contributed by atoms with van der Waals surface area (Å²) in [5.41, 5.74) is 6.96. The number of alkyl halides is 3. The Kier molecular flexibility index (Phi) is 5.50. The number of carbonyl (C=O) groups excluding carboxylic acids is 1. The standard InChI is InChI=1S/C23H21F3N4O2/c1-13(2)10-11-32-22(31)18-19-21(29-17-9-4-3-8-16(17)28-19)30(20(18)27)15-7-5-6-14(12-15)23(24,25)26/h3-9,12-13H,10-11,27H2,1-2H3. The summed E-state index contributed by atoms with van der Waals surface area (Å²) in [5.74, 6) is -0.442. The first-order valence-electron chi connectivity index (χ1n) is 10.1. The molecule has 4 rings (SSSR count). The third-order valence-electron chi connectivity index (χ3n) is 5.06. The molecular formula is C23H21F3N4O2. The second-order valence-corrected chi connectivity index (χ2v) is 7.85. The zero-order valence-electron chi connectivity index (χ0n) is 17.5. The molecule has 2 heterocycles. The van der Waals surface area contributed by atoms with Crippen molar-refractivity contribution in [3.63, 3.8) is 0 Å². The van der Waals surface area contributed by atoms with Crippen LogP contribution in [0.5, 0.6) is 0 Å². The molecule has 2 aromatic carbocycles. The van der Waals surface area contributed by atoms with Crippen LogP contribution in [0, 0.1) is 5.92 Å². The van der Waals surface area contributed by atoms with Gasteiger partial charge in [0, 0.05) is 5.69 Å². The van der Waals surface area contributed by atoms with E-state index in [-0.39, 0.29) is 34.8 Å². The number of ether oxygens (including phenoxy) is 1. The first kappa shape index (κ1) is 21.6. The number of benzene rings is 2. The normalized spacial score (nSPS) is 12.1. The molecular weight excluding hydrogens is 421 g/mol. The number of hydrogen-bond donors (Lipinski definition) is 1. The number of para-hydroxylation sites is 2. The van der Waals surface area contributed by atoms with Crippen molar-refractivity contribution in [2.24, 2.45) is 5.92 Å². The number of rotatable bonds is 5. The molecule has 0 saturated heterocycles. The lowest BCUT2D eigenvalue weighted by atomic mass is 10.1. The first-order valence-corrected chi connectivity index (χ1v) is 10.1. The Hall–Kier alpha value is -3.62. The van der Waals surface area contributed by atoms with E-state index in [1.54, 1.807) is 24.3 Å². The number of hydrogen-bond acceptors (Lipinski definition) is 5. The van der Waals surface area contributed by atoms with Crippen molar-refractivity contribution in [3.05, 3.63) is 59.7 Å². The third-order valence-corrected chi connectivity index (χ3v) is 5.06. The highest BCUT2D eigenvalue weighted by Gasteiger charge is 2.32. The fourth-order valence-electron chi connectivity index (χ4n) is 3.40. The van der Waals surface area contributed by atoms with Crippen LogP contribution in [-0.4, -0.2) is 27.1 Å². The number of carbonyl (C=O) groups is 1. The van der Waals surface area contributed by atoms with E-state index in [1.807, 2.05) is 13.8 Å². The minimum absolute atomic E-state index is 0.0144. The number of nitrogens with two attached hydrogens (primary N) is 1. The van der Waals surface area contributed by atoms with Gasteiger partial charge >= 0.3 is 12.1 Å². The molecule has 0 radical (unpaired) electrons. The molecule has 0 fully saturated rings. The Labute approximate surface area is 181 Å². The van der Waals surface area contributed by atoms with E-state index >= 15 is 0 Å². The van der Waals surface area contributed by atoms with Gasteiger partial charge in [-0.05, 0) is 42.7 Å². The van der Waals surface area contributed by atoms with Crippen LogP contribution in [-0.2, 0) is 10.9 Å². The average Bonchev–Trinajstić information content (AvgIpc) is 3.02. The van der Waals surface area contributed by atoms with Crippen molar-refractivity contribution in [1.29, 1.82) is 0 Å². The van der Waals surface area contributed by atoms with Gasteiger partial charge in [0.05, 0.1) is 23.2 Å². The number of anilines is 1. The Morgan fingerprint density at radius 2 is 1.78 bits per heavy atom. The molecule has 0 atom stereocenters. The predicted molar refractivity (Wildman–Crippen MR) is 116 cm³/mol. The van der Waals surface area contributed by atoms with Gasteiger partial charge in [-0.3, -0.25) is 4.57 Å². The SMILES string of the molecule is CC(C)CCOC(=O)c1c(N)n(-c2cccc(C(F)(F)F)c2)c2nc3ccccc3nc12. The van der Waals surface area contributed by atoms with Gasteiger partial charge in [-0.2, -0.15) is 13.2 Å². The zero-order valence-corrected chi connectivity index (χ0v) is 17.5. The number of halogens is 3. The number of esters is 1. The van der Waals surface area contributed by atoms with E-state index in [1.165, 1.54) is 16.7 Å². The molecule has 0 aliphatic carbocycles. The minimum Gasteiger partial charge on any atom is -0.462 e. The molecule has 0 unspecified atom stereocenters. The summed E-state index contributed by atoms with van der Waals surface area (Å²) in [7, 11) is 0. The molecule has 32 heavy (non-hydrogen) atoms. The maximum atomic E-state index is 13.3. The summed E-state index contributed by atoms with van der Waals surface area (Å²) < 4.78 is 46.6. The van der Waals surface area contributed by atoms with Crippen LogP contribution in [0.3, 0.4) is 0 Å². The maximum absolute atomic E-state index is 13.3. The van der Waals surface area contributed by atoms with Crippen LogP contribution in [0.25, 0.3) is 27.9 Å². The molecule has 0 bridgehead atoms. The molecule has 0 aliphatic rings. The molecule has 6 nitrogen and oxygen atoms in total. The third kappa shape index (κ3) is 3.98. The lowest BCUT2D eigenvalue weighted by Crippen LogP contribution is -2.11. The van der Waals surface area contributed by atoms with Crippen molar-refractivity contribution in [1.82, 2.24) is 14.5 Å². The van der Waals surface area contributed by atoms with Gasteiger partial charge in [0.1, 0.15) is 16.9 Å². The van der Waals surface area contributed by atoms with Crippen LogP contribution in [0.1, 0.15) is 36.2 Å². The van der Waals surface area contributed by atoms with Gasteiger partial charge < -0.3 is 10.5 Å². The van der Waals surface area contributed by atoms with Crippen LogP contribution < -0.4 is 5.73 Å². The van der Waals surface area contributed by atoms with Gasteiger partial charge in [0.25, 0.3) is 0 Å². The molecule has 0 amide bonds. The zero-order chi connectivity index (χ0) is 23.0. The number of aromatic nitrogens is 3. The first-order chi connectivity index (χ1) is 15.2. The van der Waals surface area contributed by atoms with Crippen LogP contribution >= 0.6 is 0 Å². The van der Waals surface area contributed by atoms with Crippen LogP contribution in [0.2, 0.25) is 0 Å². The maximum Gasteiger partial charge on any atom is 0.416 e. The molecule has 0 spiro atoms. The van der Waals surface area contributed by atoms with Crippen LogP contribution in [0.15, 0.2) is 48.5 Å². The Morgan fingerprint density at radius 3 is 2.44 bits per heavy atom. The summed E-state index contributed by atoms with van der Waals surface area (Å²) in [4.78, 5) is 22.0. The van der Waals surface area contributed by atoms with Gasteiger partial charge in [0.2, 0.25) is 0 Å². The van der Waals surface area contributed by atoms with E-state index in [9.17, 15) is 18.0 Å². The number of nitrogen functional groups attached to an aromatic ring is 1. The van der Waals surface area contributed by atoms with Crippen molar-refractivity contribution in [2.75, 3.05) is 12.3 Å². The Balaban J connectivity index is 1.94. The highest BCUT2D eigenvalue weighted by atomic mass is 19.4. The second kappa shape index (κ2) is 8.14. The molecule has 0 saturated carbocycles. The number of fused-ring (bicyclic) bond motifs is 2. The van der Waals surface area contributed by atoms with Gasteiger partial charge in [-0.25, -0.2) is 14.8 Å². The monoisotopic (exact) mass is 442 g/mol. The Bertz CT molecular complexity index is 1310.